The number of guanidine groups is 1. The smallest absolute Gasteiger partial charge is 0.188 e. The Kier molecular flexibility index (Phi) is 10.2. The molecule has 0 spiro atoms. The van der Waals surface area contributed by atoms with Crippen LogP contribution in [0.1, 0.15) is 44.0 Å². The fourth-order valence-corrected chi connectivity index (χ4v) is 3.29. The van der Waals surface area contributed by atoms with Gasteiger partial charge in [0.15, 0.2) is 5.96 Å². The first-order valence-corrected chi connectivity index (χ1v) is 8.99. The van der Waals surface area contributed by atoms with E-state index in [1.807, 2.05) is 6.07 Å². The molecular formula is C17H27IN4S. The van der Waals surface area contributed by atoms with E-state index in [0.29, 0.717) is 5.96 Å². The Hall–Kier alpha value is -0.890. The van der Waals surface area contributed by atoms with Gasteiger partial charge in [0, 0.05) is 19.5 Å². The fourth-order valence-electron chi connectivity index (χ4n) is 2.28. The summed E-state index contributed by atoms with van der Waals surface area (Å²) in [6.45, 7) is 3.89. The maximum absolute atomic E-state index is 5.86. The van der Waals surface area contributed by atoms with Crippen LogP contribution in [0.25, 0.3) is 10.2 Å². The number of unbranched alkanes of at least 4 members (excludes halogenated alkanes) is 3. The van der Waals surface area contributed by atoms with Gasteiger partial charge in [-0.15, -0.1) is 35.3 Å². The number of aliphatic imine (C=N–C) groups is 1. The number of fused-ring (bicyclic) bond motifs is 1. The van der Waals surface area contributed by atoms with Crippen LogP contribution >= 0.6 is 35.3 Å². The van der Waals surface area contributed by atoms with Gasteiger partial charge in [-0.3, -0.25) is 4.99 Å². The Morgan fingerprint density at radius 1 is 1.22 bits per heavy atom. The summed E-state index contributed by atoms with van der Waals surface area (Å²) >= 11 is 1.77. The molecule has 0 aliphatic carbocycles. The quantitative estimate of drug-likeness (QED) is 0.261. The molecule has 0 unspecified atom stereocenters. The molecular weight excluding hydrogens is 419 g/mol. The van der Waals surface area contributed by atoms with Crippen LogP contribution in [-0.2, 0) is 6.42 Å². The Bertz CT molecular complexity index is 564. The summed E-state index contributed by atoms with van der Waals surface area (Å²) in [7, 11) is 0. The molecule has 6 heteroatoms. The lowest BCUT2D eigenvalue weighted by molar-refractivity contribution is 0.652. The van der Waals surface area contributed by atoms with Gasteiger partial charge < -0.3 is 11.1 Å². The normalized spacial score (nSPS) is 11.4. The Morgan fingerprint density at radius 3 is 2.83 bits per heavy atom. The fraction of sp³-hybridized carbons (Fsp3) is 0.529. The van der Waals surface area contributed by atoms with E-state index in [1.54, 1.807) is 11.3 Å². The lowest BCUT2D eigenvalue weighted by Gasteiger charge is -2.04. The van der Waals surface area contributed by atoms with E-state index in [-0.39, 0.29) is 24.0 Å². The molecule has 3 N–H and O–H groups in total. The molecule has 0 bridgehead atoms. The molecule has 0 fully saturated rings. The number of nitrogens with one attached hydrogen (secondary N) is 1. The van der Waals surface area contributed by atoms with Crippen molar-refractivity contribution >= 4 is 51.5 Å². The van der Waals surface area contributed by atoms with E-state index in [1.165, 1.54) is 29.0 Å². The average molecular weight is 446 g/mol. The molecule has 0 radical (unpaired) electrons. The molecule has 0 aliphatic heterocycles. The van der Waals surface area contributed by atoms with Crippen molar-refractivity contribution in [1.82, 2.24) is 10.3 Å². The Balaban J connectivity index is 0.00000264. The Morgan fingerprint density at radius 2 is 2.04 bits per heavy atom. The van der Waals surface area contributed by atoms with E-state index in [9.17, 15) is 0 Å². The van der Waals surface area contributed by atoms with Crippen molar-refractivity contribution < 1.29 is 0 Å². The molecule has 0 saturated carbocycles. The SMILES string of the molecule is CCCCCCNC(N)=NCCCc1nc2ccccc2s1.I. The number of para-hydroxylation sites is 1. The molecule has 1 heterocycles. The number of nitrogens with zero attached hydrogens (tertiary/aromatic N) is 2. The van der Waals surface area contributed by atoms with Gasteiger partial charge in [-0.25, -0.2) is 4.98 Å². The second-order valence-corrected chi connectivity index (χ2v) is 6.55. The average Bonchev–Trinajstić information content (AvgIpc) is 2.94. The monoisotopic (exact) mass is 446 g/mol. The number of benzene rings is 1. The van der Waals surface area contributed by atoms with Crippen molar-refractivity contribution in [1.29, 1.82) is 0 Å². The summed E-state index contributed by atoms with van der Waals surface area (Å²) in [4.78, 5) is 9.00. The first-order chi connectivity index (χ1) is 10.8. The van der Waals surface area contributed by atoms with Crippen LogP contribution in [-0.4, -0.2) is 24.0 Å². The van der Waals surface area contributed by atoms with Crippen LogP contribution in [0.2, 0.25) is 0 Å². The number of halogens is 1. The summed E-state index contributed by atoms with van der Waals surface area (Å²) in [5.74, 6) is 0.570. The highest BCUT2D eigenvalue weighted by Crippen LogP contribution is 2.22. The first-order valence-electron chi connectivity index (χ1n) is 8.18. The van der Waals surface area contributed by atoms with E-state index < -0.39 is 0 Å². The zero-order chi connectivity index (χ0) is 15.6. The van der Waals surface area contributed by atoms with Crippen LogP contribution in [0.3, 0.4) is 0 Å². The van der Waals surface area contributed by atoms with Gasteiger partial charge in [0.1, 0.15) is 0 Å². The largest absolute Gasteiger partial charge is 0.370 e. The minimum Gasteiger partial charge on any atom is -0.370 e. The number of rotatable bonds is 9. The van der Waals surface area contributed by atoms with Crippen molar-refractivity contribution in [3.63, 3.8) is 0 Å². The van der Waals surface area contributed by atoms with Crippen LogP contribution in [0, 0.1) is 0 Å². The number of hydrogen-bond acceptors (Lipinski definition) is 3. The van der Waals surface area contributed by atoms with Gasteiger partial charge in [-0.2, -0.15) is 0 Å². The van der Waals surface area contributed by atoms with E-state index in [2.05, 4.69) is 40.4 Å². The molecule has 0 atom stereocenters. The molecule has 4 nitrogen and oxygen atoms in total. The van der Waals surface area contributed by atoms with Gasteiger partial charge in [0.05, 0.1) is 15.2 Å². The van der Waals surface area contributed by atoms with E-state index in [0.717, 1.165) is 37.9 Å². The molecule has 1 aromatic carbocycles. The molecule has 0 saturated heterocycles. The third kappa shape index (κ3) is 7.48. The molecule has 23 heavy (non-hydrogen) atoms. The minimum absolute atomic E-state index is 0. The maximum atomic E-state index is 5.86. The zero-order valence-electron chi connectivity index (χ0n) is 13.8. The summed E-state index contributed by atoms with van der Waals surface area (Å²) < 4.78 is 1.26. The van der Waals surface area contributed by atoms with Crippen molar-refractivity contribution in [3.05, 3.63) is 29.3 Å². The summed E-state index contributed by atoms with van der Waals surface area (Å²) in [6.07, 6.45) is 6.92. The second kappa shape index (κ2) is 11.6. The van der Waals surface area contributed by atoms with Crippen LogP contribution in [0.15, 0.2) is 29.3 Å². The molecule has 1 aromatic heterocycles. The van der Waals surface area contributed by atoms with Gasteiger partial charge in [-0.05, 0) is 25.0 Å². The van der Waals surface area contributed by atoms with Gasteiger partial charge in [-0.1, -0.05) is 38.3 Å². The van der Waals surface area contributed by atoms with Crippen molar-refractivity contribution in [3.8, 4) is 0 Å². The second-order valence-electron chi connectivity index (χ2n) is 5.43. The Labute approximate surface area is 160 Å². The molecule has 0 amide bonds. The molecule has 2 rings (SSSR count). The highest BCUT2D eigenvalue weighted by atomic mass is 127. The van der Waals surface area contributed by atoms with Gasteiger partial charge in [0.2, 0.25) is 0 Å². The van der Waals surface area contributed by atoms with Gasteiger partial charge in [0.25, 0.3) is 0 Å². The van der Waals surface area contributed by atoms with Crippen LogP contribution in [0.4, 0.5) is 0 Å². The van der Waals surface area contributed by atoms with Crippen molar-refractivity contribution in [2.24, 2.45) is 10.7 Å². The number of nitrogens with two attached hydrogens (primary N) is 1. The first kappa shape index (κ1) is 20.2. The van der Waals surface area contributed by atoms with Gasteiger partial charge >= 0.3 is 0 Å². The lowest BCUT2D eigenvalue weighted by Crippen LogP contribution is -2.32. The van der Waals surface area contributed by atoms with Crippen LogP contribution in [0.5, 0.6) is 0 Å². The molecule has 2 aromatic rings. The number of thiazole rings is 1. The predicted molar refractivity (Wildman–Crippen MR) is 112 cm³/mol. The summed E-state index contributed by atoms with van der Waals surface area (Å²) in [5.41, 5.74) is 6.95. The van der Waals surface area contributed by atoms with Crippen LogP contribution < -0.4 is 11.1 Å². The third-order valence-electron chi connectivity index (χ3n) is 3.51. The standard InChI is InChI=1S/C17H26N4S.HI/c1-2-3-4-7-12-19-17(18)20-13-8-11-16-21-14-9-5-6-10-15(14)22-16;/h5-6,9-10H,2-4,7-8,11-13H2,1H3,(H3,18,19,20);1H. The molecule has 128 valence electrons. The maximum Gasteiger partial charge on any atom is 0.188 e. The van der Waals surface area contributed by atoms with Crippen molar-refractivity contribution in [2.45, 2.75) is 45.4 Å². The van der Waals surface area contributed by atoms with E-state index >= 15 is 0 Å². The highest BCUT2D eigenvalue weighted by Gasteiger charge is 2.02. The number of aromatic nitrogens is 1. The molecule has 0 aliphatic rings. The predicted octanol–water partition coefficient (Wildman–Crippen LogP) is 4.33. The number of hydrogen-bond donors (Lipinski definition) is 2. The third-order valence-corrected chi connectivity index (χ3v) is 4.60. The zero-order valence-corrected chi connectivity index (χ0v) is 16.9. The number of aryl methyl sites for hydroxylation is 1. The lowest BCUT2D eigenvalue weighted by atomic mass is 10.2. The topological polar surface area (TPSA) is 63.3 Å². The minimum atomic E-state index is 0. The van der Waals surface area contributed by atoms with Crippen molar-refractivity contribution in [2.75, 3.05) is 13.1 Å². The highest BCUT2D eigenvalue weighted by molar-refractivity contribution is 14.0. The summed E-state index contributed by atoms with van der Waals surface area (Å²) in [6, 6.07) is 8.27. The van der Waals surface area contributed by atoms with E-state index in [4.69, 9.17) is 5.73 Å². The summed E-state index contributed by atoms with van der Waals surface area (Å²) in [5, 5.41) is 4.36.